The van der Waals surface area contributed by atoms with Gasteiger partial charge in [-0.2, -0.15) is 10.5 Å². The fourth-order valence-electron chi connectivity index (χ4n) is 2.08. The van der Waals surface area contributed by atoms with E-state index in [-0.39, 0.29) is 0 Å². The Hall–Kier alpha value is -2.33. The highest BCUT2D eigenvalue weighted by atomic mass is 35.5. The van der Waals surface area contributed by atoms with Gasteiger partial charge in [-0.1, -0.05) is 47.5 Å². The third kappa shape index (κ3) is 3.46. The van der Waals surface area contributed by atoms with Gasteiger partial charge in [0.05, 0.1) is 12.1 Å². The van der Waals surface area contributed by atoms with Crippen molar-refractivity contribution in [3.05, 3.63) is 69.7 Å². The molecule has 0 fully saturated rings. The van der Waals surface area contributed by atoms with E-state index in [1.165, 1.54) is 0 Å². The van der Waals surface area contributed by atoms with Crippen LogP contribution in [0.4, 0.5) is 0 Å². The second-order valence-corrected chi connectivity index (χ2v) is 5.50. The van der Waals surface area contributed by atoms with Crippen molar-refractivity contribution in [3.8, 4) is 12.1 Å². The molecular formula is C17H10Cl2N2O. The zero-order valence-electron chi connectivity index (χ0n) is 11.3. The quantitative estimate of drug-likeness (QED) is 0.831. The van der Waals surface area contributed by atoms with Gasteiger partial charge in [0.1, 0.15) is 11.8 Å². The molecule has 3 nitrogen and oxygen atoms in total. The lowest BCUT2D eigenvalue weighted by Crippen LogP contribution is -2.18. The van der Waals surface area contributed by atoms with E-state index in [1.54, 1.807) is 48.5 Å². The van der Waals surface area contributed by atoms with Crippen molar-refractivity contribution >= 4 is 29.0 Å². The first-order valence-electron chi connectivity index (χ1n) is 6.40. The van der Waals surface area contributed by atoms with Crippen molar-refractivity contribution in [2.45, 2.75) is 11.8 Å². The summed E-state index contributed by atoms with van der Waals surface area (Å²) < 4.78 is 0. The van der Waals surface area contributed by atoms with Crippen LogP contribution >= 0.6 is 23.2 Å². The maximum absolute atomic E-state index is 12.6. The molecule has 0 amide bonds. The van der Waals surface area contributed by atoms with Crippen LogP contribution < -0.4 is 0 Å². The van der Waals surface area contributed by atoms with E-state index in [9.17, 15) is 15.3 Å². The van der Waals surface area contributed by atoms with Crippen LogP contribution in [-0.2, 0) is 4.79 Å². The van der Waals surface area contributed by atoms with E-state index in [0.717, 1.165) is 0 Å². The first-order valence-corrected chi connectivity index (χ1v) is 7.16. The molecular weight excluding hydrogens is 319 g/mol. The van der Waals surface area contributed by atoms with Gasteiger partial charge in [-0.25, -0.2) is 0 Å². The summed E-state index contributed by atoms with van der Waals surface area (Å²) in [6.45, 7) is 0. The molecule has 0 aliphatic carbocycles. The minimum absolute atomic E-state index is 0.463. The Labute approximate surface area is 138 Å². The Morgan fingerprint density at radius 3 is 1.36 bits per heavy atom. The number of hydrogen-bond donors (Lipinski definition) is 0. The summed E-state index contributed by atoms with van der Waals surface area (Å²) in [7, 11) is 0. The number of nitrogens with zero attached hydrogens (tertiary/aromatic N) is 2. The van der Waals surface area contributed by atoms with Gasteiger partial charge >= 0.3 is 0 Å². The van der Waals surface area contributed by atoms with Crippen molar-refractivity contribution < 1.29 is 4.79 Å². The zero-order chi connectivity index (χ0) is 16.1. The molecule has 108 valence electrons. The molecule has 22 heavy (non-hydrogen) atoms. The van der Waals surface area contributed by atoms with Crippen molar-refractivity contribution in [1.29, 1.82) is 10.5 Å². The third-order valence-electron chi connectivity index (χ3n) is 3.23. The van der Waals surface area contributed by atoms with E-state index in [0.29, 0.717) is 21.2 Å². The standard InChI is InChI=1S/C17H10Cl2N2O/c18-13-5-1-11(2-6-13)15(9-20)17(22)16(10-21)12-3-7-14(19)8-4-12/h1-8,15-16H. The van der Waals surface area contributed by atoms with Gasteiger partial charge in [-0.15, -0.1) is 0 Å². The second kappa shape index (κ2) is 7.09. The SMILES string of the molecule is N#CC(C(=O)C(C#N)c1ccc(Cl)cc1)c1ccc(Cl)cc1. The molecule has 2 aromatic rings. The first kappa shape index (κ1) is 16.0. The van der Waals surface area contributed by atoms with Crippen LogP contribution in [-0.4, -0.2) is 5.78 Å². The van der Waals surface area contributed by atoms with Gasteiger partial charge in [0, 0.05) is 10.0 Å². The highest BCUT2D eigenvalue weighted by Crippen LogP contribution is 2.27. The van der Waals surface area contributed by atoms with Gasteiger partial charge in [-0.3, -0.25) is 4.79 Å². The summed E-state index contributed by atoms with van der Waals surface area (Å²) in [5.41, 5.74) is 1.04. The Balaban J connectivity index is 2.34. The third-order valence-corrected chi connectivity index (χ3v) is 3.74. The van der Waals surface area contributed by atoms with Crippen LogP contribution in [0, 0.1) is 22.7 Å². The summed E-state index contributed by atoms with van der Waals surface area (Å²) in [5, 5.41) is 19.7. The highest BCUT2D eigenvalue weighted by molar-refractivity contribution is 6.30. The number of hydrogen-bond acceptors (Lipinski definition) is 3. The normalized spacial score (nSPS) is 12.7. The fraction of sp³-hybridized carbons (Fsp3) is 0.118. The van der Waals surface area contributed by atoms with Gasteiger partial charge < -0.3 is 0 Å². The molecule has 0 aromatic heterocycles. The molecule has 2 unspecified atom stereocenters. The maximum atomic E-state index is 12.6. The summed E-state index contributed by atoms with van der Waals surface area (Å²) >= 11 is 11.6. The minimum Gasteiger partial charge on any atom is -0.296 e. The van der Waals surface area contributed by atoms with Crippen molar-refractivity contribution in [1.82, 2.24) is 0 Å². The molecule has 0 aliphatic heterocycles. The van der Waals surface area contributed by atoms with Crippen LogP contribution in [0.15, 0.2) is 48.5 Å². The van der Waals surface area contributed by atoms with E-state index in [4.69, 9.17) is 23.2 Å². The first-order chi connectivity index (χ1) is 10.6. The number of ketones is 1. The van der Waals surface area contributed by atoms with Crippen LogP contribution in [0.2, 0.25) is 10.0 Å². The number of benzene rings is 2. The molecule has 0 heterocycles. The average molecular weight is 329 g/mol. The molecule has 5 heteroatoms. The van der Waals surface area contributed by atoms with Gasteiger partial charge in [0.15, 0.2) is 5.78 Å². The van der Waals surface area contributed by atoms with E-state index in [1.807, 2.05) is 12.1 Å². The maximum Gasteiger partial charge on any atom is 0.175 e. The molecule has 0 N–H and O–H groups in total. The van der Waals surface area contributed by atoms with E-state index < -0.39 is 17.6 Å². The van der Waals surface area contributed by atoms with Gasteiger partial charge in [0.2, 0.25) is 0 Å². The molecule has 2 aromatic carbocycles. The van der Waals surface area contributed by atoms with Crippen LogP contribution in [0.3, 0.4) is 0 Å². The molecule has 0 bridgehead atoms. The Kier molecular flexibility index (Phi) is 5.17. The molecule has 0 spiro atoms. The molecule has 0 saturated carbocycles. The largest absolute Gasteiger partial charge is 0.296 e. The van der Waals surface area contributed by atoms with Crippen LogP contribution in [0.1, 0.15) is 23.0 Å². The number of halogens is 2. The molecule has 2 rings (SSSR count). The predicted octanol–water partition coefficient (Wildman–Crippen LogP) is 4.48. The number of carbonyl (C=O) groups excluding carboxylic acids is 1. The summed E-state index contributed by atoms with van der Waals surface area (Å²) in [4.78, 5) is 12.6. The molecule has 0 radical (unpaired) electrons. The summed E-state index contributed by atoms with van der Waals surface area (Å²) in [6.07, 6.45) is 0. The van der Waals surface area contributed by atoms with E-state index >= 15 is 0 Å². The van der Waals surface area contributed by atoms with Crippen molar-refractivity contribution in [3.63, 3.8) is 0 Å². The Morgan fingerprint density at radius 1 is 0.773 bits per heavy atom. The number of rotatable bonds is 4. The van der Waals surface area contributed by atoms with Crippen molar-refractivity contribution in [2.24, 2.45) is 0 Å². The Bertz CT molecular complexity index is 690. The second-order valence-electron chi connectivity index (χ2n) is 4.63. The van der Waals surface area contributed by atoms with Crippen molar-refractivity contribution in [2.75, 3.05) is 0 Å². The molecule has 2 atom stereocenters. The topological polar surface area (TPSA) is 64.7 Å². The smallest absolute Gasteiger partial charge is 0.175 e. The fourth-order valence-corrected chi connectivity index (χ4v) is 2.33. The highest BCUT2D eigenvalue weighted by Gasteiger charge is 2.29. The number of nitriles is 2. The zero-order valence-corrected chi connectivity index (χ0v) is 12.8. The lowest BCUT2D eigenvalue weighted by molar-refractivity contribution is -0.119. The average Bonchev–Trinajstić information content (AvgIpc) is 2.52. The van der Waals surface area contributed by atoms with Gasteiger partial charge in [-0.05, 0) is 35.4 Å². The lowest BCUT2D eigenvalue weighted by Gasteiger charge is -2.13. The predicted molar refractivity (Wildman–Crippen MR) is 84.6 cm³/mol. The monoisotopic (exact) mass is 328 g/mol. The molecule has 0 saturated heterocycles. The molecule has 0 aliphatic rings. The minimum atomic E-state index is -1.02. The van der Waals surface area contributed by atoms with Gasteiger partial charge in [0.25, 0.3) is 0 Å². The lowest BCUT2D eigenvalue weighted by atomic mass is 9.85. The summed E-state index contributed by atoms with van der Waals surface area (Å²) in [5.74, 6) is -2.50. The van der Waals surface area contributed by atoms with E-state index in [2.05, 4.69) is 0 Å². The number of Topliss-reactive ketones (excluding diaryl/α,β-unsaturated/α-hetero) is 1. The van der Waals surface area contributed by atoms with Crippen LogP contribution in [0.25, 0.3) is 0 Å². The summed E-state index contributed by atoms with van der Waals surface area (Å²) in [6, 6.07) is 16.8. The number of carbonyl (C=O) groups is 1. The Morgan fingerprint density at radius 2 is 1.09 bits per heavy atom. The van der Waals surface area contributed by atoms with Crippen LogP contribution in [0.5, 0.6) is 0 Å².